The molecule has 3 heterocycles. The van der Waals surface area contributed by atoms with E-state index >= 15 is 0 Å². The van der Waals surface area contributed by atoms with E-state index in [1.807, 2.05) is 0 Å². The number of para-hydroxylation sites is 1. The Kier molecular flexibility index (Phi) is 5.12. The van der Waals surface area contributed by atoms with E-state index in [2.05, 4.69) is 15.2 Å². The summed E-state index contributed by atoms with van der Waals surface area (Å²) >= 11 is 0. The Balaban J connectivity index is 1.98. The fraction of sp³-hybridized carbons (Fsp3) is 0.421. The third-order valence-corrected chi connectivity index (χ3v) is 5.47. The van der Waals surface area contributed by atoms with Gasteiger partial charge in [-0.2, -0.15) is 4.98 Å². The summed E-state index contributed by atoms with van der Waals surface area (Å²) in [6.07, 6.45) is 0.894. The second-order valence-electron chi connectivity index (χ2n) is 7.35. The van der Waals surface area contributed by atoms with Crippen molar-refractivity contribution in [1.29, 1.82) is 0 Å². The molecule has 0 radical (unpaired) electrons. The van der Waals surface area contributed by atoms with Crippen LogP contribution in [0.1, 0.15) is 12.0 Å². The molecule has 0 amide bonds. The summed E-state index contributed by atoms with van der Waals surface area (Å²) < 4.78 is 4.07. The average Bonchev–Trinajstić information content (AvgIpc) is 2.91. The van der Waals surface area contributed by atoms with E-state index < -0.39 is 16.2 Å². The van der Waals surface area contributed by atoms with Gasteiger partial charge in [0, 0.05) is 45.4 Å². The molecule has 11 nitrogen and oxygen atoms in total. The van der Waals surface area contributed by atoms with Crippen LogP contribution < -0.4 is 21.5 Å². The molecule has 0 saturated carbocycles. The molecule has 3 aromatic rings. The first-order valence-corrected chi connectivity index (χ1v) is 9.74. The van der Waals surface area contributed by atoms with Crippen LogP contribution in [0.3, 0.4) is 0 Å². The number of aromatic nitrogens is 4. The maximum atomic E-state index is 13.0. The van der Waals surface area contributed by atoms with Crippen molar-refractivity contribution in [3.8, 4) is 0 Å². The number of nitrogens with one attached hydrogen (secondary N) is 1. The highest BCUT2D eigenvalue weighted by Crippen LogP contribution is 2.25. The molecule has 0 atom stereocenters. The van der Waals surface area contributed by atoms with E-state index in [0.717, 1.165) is 30.6 Å². The quantitative estimate of drug-likeness (QED) is 0.479. The van der Waals surface area contributed by atoms with Gasteiger partial charge in [0.25, 0.3) is 11.2 Å². The molecule has 1 aliphatic heterocycles. The van der Waals surface area contributed by atoms with Crippen molar-refractivity contribution in [2.75, 3.05) is 31.1 Å². The van der Waals surface area contributed by atoms with Crippen LogP contribution in [-0.4, -0.2) is 49.8 Å². The fourth-order valence-electron chi connectivity index (χ4n) is 3.86. The van der Waals surface area contributed by atoms with Crippen LogP contribution in [-0.2, 0) is 20.6 Å². The molecule has 4 rings (SSSR count). The second-order valence-corrected chi connectivity index (χ2v) is 7.35. The Morgan fingerprint density at radius 2 is 1.90 bits per heavy atom. The number of rotatable bonds is 4. The van der Waals surface area contributed by atoms with Gasteiger partial charge in [0.1, 0.15) is 0 Å². The van der Waals surface area contributed by atoms with Crippen LogP contribution in [0.4, 0.5) is 11.6 Å². The third kappa shape index (κ3) is 3.26. The first-order valence-electron chi connectivity index (χ1n) is 9.74. The molecule has 158 valence electrons. The Hall–Kier alpha value is -3.47. The van der Waals surface area contributed by atoms with Crippen molar-refractivity contribution in [2.45, 2.75) is 13.0 Å². The van der Waals surface area contributed by atoms with Gasteiger partial charge in [0.05, 0.1) is 11.5 Å². The van der Waals surface area contributed by atoms with Gasteiger partial charge in [-0.25, -0.2) is 4.79 Å². The number of nitro benzene ring substituents is 1. The predicted octanol–water partition coefficient (Wildman–Crippen LogP) is 0.190. The molecule has 1 fully saturated rings. The number of nitro groups is 1. The molecule has 0 aliphatic carbocycles. The lowest BCUT2D eigenvalue weighted by molar-refractivity contribution is -0.385. The fourth-order valence-corrected chi connectivity index (χ4v) is 3.86. The van der Waals surface area contributed by atoms with E-state index in [1.54, 1.807) is 29.8 Å². The summed E-state index contributed by atoms with van der Waals surface area (Å²) in [7, 11) is 2.99. The van der Waals surface area contributed by atoms with Crippen LogP contribution in [0.15, 0.2) is 33.9 Å². The summed E-state index contributed by atoms with van der Waals surface area (Å²) in [5, 5.41) is 14.8. The Labute approximate surface area is 171 Å². The van der Waals surface area contributed by atoms with E-state index in [9.17, 15) is 19.7 Å². The van der Waals surface area contributed by atoms with Gasteiger partial charge >= 0.3 is 5.69 Å². The van der Waals surface area contributed by atoms with Gasteiger partial charge in [-0.3, -0.25) is 28.6 Å². The number of nitrogens with zero attached hydrogens (tertiary/aromatic N) is 6. The van der Waals surface area contributed by atoms with Crippen molar-refractivity contribution in [2.24, 2.45) is 14.1 Å². The Morgan fingerprint density at radius 1 is 1.13 bits per heavy atom. The maximum absolute atomic E-state index is 13.0. The molecular weight excluding hydrogens is 390 g/mol. The van der Waals surface area contributed by atoms with Gasteiger partial charge in [-0.1, -0.05) is 18.2 Å². The smallest absolute Gasteiger partial charge is 0.332 e. The van der Waals surface area contributed by atoms with Gasteiger partial charge in [-0.05, 0) is 13.0 Å². The number of anilines is 1. The standard InChI is InChI=1S/C19H23N7O4/c1-22-16-15(17(27)23(2)19(22)28)25(12-13-6-3-4-7-14(13)26(29)30)18(21-16)24-10-5-8-20-9-11-24/h3-4,6-7,20H,5,8-12H2,1-2H3. The highest BCUT2D eigenvalue weighted by Gasteiger charge is 2.25. The van der Waals surface area contributed by atoms with Crippen LogP contribution in [0, 0.1) is 10.1 Å². The van der Waals surface area contributed by atoms with Crippen LogP contribution in [0.2, 0.25) is 0 Å². The molecular formula is C19H23N7O4. The van der Waals surface area contributed by atoms with E-state index in [1.165, 1.54) is 17.7 Å². The first-order chi connectivity index (χ1) is 14.4. The number of fused-ring (bicyclic) bond motifs is 1. The minimum Gasteiger partial charge on any atom is -0.341 e. The largest absolute Gasteiger partial charge is 0.341 e. The highest BCUT2D eigenvalue weighted by molar-refractivity contribution is 5.75. The normalized spacial score (nSPS) is 14.8. The molecule has 1 saturated heterocycles. The molecule has 11 heteroatoms. The zero-order chi connectivity index (χ0) is 21.4. The summed E-state index contributed by atoms with van der Waals surface area (Å²) in [5.41, 5.74) is 0.0283. The van der Waals surface area contributed by atoms with Crippen molar-refractivity contribution >= 4 is 22.8 Å². The Morgan fingerprint density at radius 3 is 2.67 bits per heavy atom. The van der Waals surface area contributed by atoms with Gasteiger partial charge in [0.15, 0.2) is 11.2 Å². The molecule has 0 unspecified atom stereocenters. The monoisotopic (exact) mass is 413 g/mol. The molecule has 0 spiro atoms. The molecule has 30 heavy (non-hydrogen) atoms. The molecule has 1 N–H and O–H groups in total. The molecule has 1 aliphatic rings. The number of benzene rings is 1. The van der Waals surface area contributed by atoms with Crippen molar-refractivity contribution in [3.63, 3.8) is 0 Å². The minimum atomic E-state index is -0.474. The summed E-state index contributed by atoms with van der Waals surface area (Å²) in [6, 6.07) is 6.45. The van der Waals surface area contributed by atoms with Gasteiger partial charge in [0.2, 0.25) is 5.95 Å². The van der Waals surface area contributed by atoms with E-state index in [4.69, 9.17) is 0 Å². The number of hydrogen-bond acceptors (Lipinski definition) is 7. The number of hydrogen-bond donors (Lipinski definition) is 1. The SMILES string of the molecule is Cn1c(=O)c2c(nc(N3CCCNCC3)n2Cc2ccccc2[N+](=O)[O-])n(C)c1=O. The lowest BCUT2D eigenvalue weighted by Gasteiger charge is -2.22. The first kappa shape index (κ1) is 19.8. The zero-order valence-electron chi connectivity index (χ0n) is 16.9. The predicted molar refractivity (Wildman–Crippen MR) is 112 cm³/mol. The van der Waals surface area contributed by atoms with Crippen molar-refractivity contribution < 1.29 is 4.92 Å². The van der Waals surface area contributed by atoms with Crippen LogP contribution in [0.25, 0.3) is 11.2 Å². The van der Waals surface area contributed by atoms with Crippen molar-refractivity contribution in [1.82, 2.24) is 24.0 Å². The summed E-state index contributed by atoms with van der Waals surface area (Å²) in [6.45, 7) is 3.13. The topological polar surface area (TPSA) is 120 Å². The van der Waals surface area contributed by atoms with Crippen LogP contribution >= 0.6 is 0 Å². The molecule has 2 aromatic heterocycles. The van der Waals surface area contributed by atoms with Gasteiger partial charge in [-0.15, -0.1) is 0 Å². The average molecular weight is 413 g/mol. The number of imidazole rings is 1. The van der Waals surface area contributed by atoms with E-state index in [0.29, 0.717) is 18.1 Å². The third-order valence-electron chi connectivity index (χ3n) is 5.47. The van der Waals surface area contributed by atoms with Gasteiger partial charge < -0.3 is 10.2 Å². The second kappa shape index (κ2) is 7.75. The lowest BCUT2D eigenvalue weighted by atomic mass is 10.2. The summed E-state index contributed by atoms with van der Waals surface area (Å²) in [5.74, 6) is 0.533. The maximum Gasteiger partial charge on any atom is 0.332 e. The zero-order valence-corrected chi connectivity index (χ0v) is 16.9. The minimum absolute atomic E-state index is 0.0236. The molecule has 1 aromatic carbocycles. The highest BCUT2D eigenvalue weighted by atomic mass is 16.6. The van der Waals surface area contributed by atoms with E-state index in [-0.39, 0.29) is 23.4 Å². The molecule has 0 bridgehead atoms. The van der Waals surface area contributed by atoms with Crippen LogP contribution in [0.5, 0.6) is 0 Å². The Bertz CT molecular complexity index is 1230. The van der Waals surface area contributed by atoms with Crippen molar-refractivity contribution in [3.05, 3.63) is 60.8 Å². The lowest BCUT2D eigenvalue weighted by Crippen LogP contribution is -2.37. The summed E-state index contributed by atoms with van der Waals surface area (Å²) in [4.78, 5) is 43.2. The number of aryl methyl sites for hydroxylation is 1.